The van der Waals surface area contributed by atoms with Crippen LogP contribution in [0.2, 0.25) is 0 Å². The summed E-state index contributed by atoms with van der Waals surface area (Å²) in [6.07, 6.45) is 3.36. The minimum atomic E-state index is -0.603. The zero-order valence-electron chi connectivity index (χ0n) is 7.91. The van der Waals surface area contributed by atoms with Gasteiger partial charge in [0.25, 0.3) is 0 Å². The fraction of sp³-hybridized carbons (Fsp3) is 1.00. The van der Waals surface area contributed by atoms with E-state index in [1.807, 2.05) is 11.8 Å². The Balaban J connectivity index is 1.98. The molecular weight excluding hydrogens is 186 g/mol. The summed E-state index contributed by atoms with van der Waals surface area (Å²) >= 11 is 2.02. The second-order valence-corrected chi connectivity index (χ2v) is 4.89. The summed E-state index contributed by atoms with van der Waals surface area (Å²) in [5, 5.41) is 21.5. The Hall–Kier alpha value is 0.230. The van der Waals surface area contributed by atoms with Gasteiger partial charge in [-0.1, -0.05) is 6.42 Å². The second-order valence-electron chi connectivity index (χ2n) is 3.48. The van der Waals surface area contributed by atoms with E-state index in [-0.39, 0.29) is 6.61 Å². The highest BCUT2D eigenvalue weighted by molar-refractivity contribution is 7.99. The predicted molar refractivity (Wildman–Crippen MR) is 56.1 cm³/mol. The molecular formula is C9H19NO2S. The van der Waals surface area contributed by atoms with Crippen LogP contribution in [0.15, 0.2) is 0 Å². The van der Waals surface area contributed by atoms with Crippen molar-refractivity contribution in [2.45, 2.75) is 30.6 Å². The molecule has 1 unspecified atom stereocenters. The molecule has 3 N–H and O–H groups in total. The molecule has 0 aromatic carbocycles. The van der Waals surface area contributed by atoms with Crippen LogP contribution in [0.25, 0.3) is 0 Å². The highest BCUT2D eigenvalue weighted by Crippen LogP contribution is 2.24. The lowest BCUT2D eigenvalue weighted by Crippen LogP contribution is -2.34. The van der Waals surface area contributed by atoms with Crippen molar-refractivity contribution in [2.75, 3.05) is 25.4 Å². The van der Waals surface area contributed by atoms with E-state index in [0.29, 0.717) is 11.8 Å². The zero-order chi connectivity index (χ0) is 9.52. The van der Waals surface area contributed by atoms with Crippen LogP contribution in [0.1, 0.15) is 19.3 Å². The van der Waals surface area contributed by atoms with Gasteiger partial charge >= 0.3 is 0 Å². The quantitative estimate of drug-likeness (QED) is 0.601. The van der Waals surface area contributed by atoms with Gasteiger partial charge in [0, 0.05) is 18.3 Å². The Morgan fingerprint density at radius 2 is 2.31 bits per heavy atom. The Bertz CT molecular complexity index is 129. The molecule has 0 aromatic heterocycles. The molecule has 3 nitrogen and oxygen atoms in total. The maximum absolute atomic E-state index is 9.07. The molecule has 0 bridgehead atoms. The van der Waals surface area contributed by atoms with Crippen molar-refractivity contribution in [3.8, 4) is 0 Å². The summed E-state index contributed by atoms with van der Waals surface area (Å²) in [7, 11) is 0. The number of aliphatic hydroxyl groups is 2. The summed E-state index contributed by atoms with van der Waals surface area (Å²) in [6, 6.07) is 0. The van der Waals surface area contributed by atoms with Crippen molar-refractivity contribution in [3.63, 3.8) is 0 Å². The first kappa shape index (κ1) is 11.3. The van der Waals surface area contributed by atoms with E-state index >= 15 is 0 Å². The van der Waals surface area contributed by atoms with E-state index in [4.69, 9.17) is 10.2 Å². The lowest BCUT2D eigenvalue weighted by atomic mass is 10.2. The van der Waals surface area contributed by atoms with Crippen molar-refractivity contribution in [1.82, 2.24) is 5.32 Å². The number of hydrogen-bond acceptors (Lipinski definition) is 4. The minimum Gasteiger partial charge on any atom is -0.394 e. The van der Waals surface area contributed by atoms with E-state index in [1.54, 1.807) is 0 Å². The molecule has 0 amide bonds. The standard InChI is InChI=1S/C9H19NO2S/c11-7-8(12)5-10-6-9-3-1-2-4-13-9/h8-12H,1-7H2/t8-,9?/m0/s1. The average Bonchev–Trinajstić information content (AvgIpc) is 2.19. The normalized spacial score (nSPS) is 25.8. The van der Waals surface area contributed by atoms with Gasteiger partial charge in [-0.05, 0) is 18.6 Å². The minimum absolute atomic E-state index is 0.148. The van der Waals surface area contributed by atoms with Crippen LogP contribution >= 0.6 is 11.8 Å². The average molecular weight is 205 g/mol. The van der Waals surface area contributed by atoms with Crippen LogP contribution < -0.4 is 5.32 Å². The van der Waals surface area contributed by atoms with Crippen LogP contribution in [0, 0.1) is 0 Å². The highest BCUT2D eigenvalue weighted by atomic mass is 32.2. The topological polar surface area (TPSA) is 52.5 Å². The number of aliphatic hydroxyl groups excluding tert-OH is 2. The van der Waals surface area contributed by atoms with Crippen molar-refractivity contribution >= 4 is 11.8 Å². The van der Waals surface area contributed by atoms with Gasteiger partial charge in [-0.3, -0.25) is 0 Å². The molecule has 1 rings (SSSR count). The summed E-state index contributed by atoms with van der Waals surface area (Å²) in [5.74, 6) is 1.27. The van der Waals surface area contributed by atoms with Crippen molar-refractivity contribution in [3.05, 3.63) is 0 Å². The van der Waals surface area contributed by atoms with E-state index in [0.717, 1.165) is 6.54 Å². The lowest BCUT2D eigenvalue weighted by Gasteiger charge is -2.21. The number of nitrogens with one attached hydrogen (secondary N) is 1. The second kappa shape index (κ2) is 6.65. The molecule has 78 valence electrons. The fourth-order valence-electron chi connectivity index (χ4n) is 1.44. The predicted octanol–water partition coefficient (Wildman–Crippen LogP) is 0.215. The maximum atomic E-state index is 9.07. The molecule has 0 aliphatic carbocycles. The lowest BCUT2D eigenvalue weighted by molar-refractivity contribution is 0.0946. The molecule has 1 aliphatic heterocycles. The Morgan fingerprint density at radius 1 is 1.46 bits per heavy atom. The van der Waals surface area contributed by atoms with Crippen LogP contribution in [-0.2, 0) is 0 Å². The summed E-state index contributed by atoms with van der Waals surface area (Å²) in [5.41, 5.74) is 0. The highest BCUT2D eigenvalue weighted by Gasteiger charge is 2.13. The number of thioether (sulfide) groups is 1. The van der Waals surface area contributed by atoms with Gasteiger partial charge in [-0.2, -0.15) is 11.8 Å². The molecule has 0 radical (unpaired) electrons. The number of rotatable bonds is 5. The molecule has 1 fully saturated rings. The van der Waals surface area contributed by atoms with Crippen molar-refractivity contribution in [1.29, 1.82) is 0 Å². The molecule has 0 spiro atoms. The molecule has 13 heavy (non-hydrogen) atoms. The fourth-order valence-corrected chi connectivity index (χ4v) is 2.72. The maximum Gasteiger partial charge on any atom is 0.0894 e. The molecule has 0 saturated carbocycles. The van der Waals surface area contributed by atoms with Crippen molar-refractivity contribution < 1.29 is 10.2 Å². The van der Waals surface area contributed by atoms with Gasteiger partial charge in [0.2, 0.25) is 0 Å². The van der Waals surface area contributed by atoms with Crippen LogP contribution in [0.5, 0.6) is 0 Å². The molecule has 1 saturated heterocycles. The van der Waals surface area contributed by atoms with Gasteiger partial charge in [0.15, 0.2) is 0 Å². The van der Waals surface area contributed by atoms with Crippen LogP contribution in [0.3, 0.4) is 0 Å². The van der Waals surface area contributed by atoms with Gasteiger partial charge in [-0.15, -0.1) is 0 Å². The van der Waals surface area contributed by atoms with Crippen LogP contribution in [0.4, 0.5) is 0 Å². The summed E-state index contributed by atoms with van der Waals surface area (Å²) < 4.78 is 0. The smallest absolute Gasteiger partial charge is 0.0894 e. The van der Waals surface area contributed by atoms with Gasteiger partial charge in [-0.25, -0.2) is 0 Å². The third-order valence-electron chi connectivity index (χ3n) is 2.24. The molecule has 2 atom stereocenters. The third-order valence-corrected chi connectivity index (χ3v) is 3.63. The monoisotopic (exact) mass is 205 g/mol. The van der Waals surface area contributed by atoms with E-state index in [1.165, 1.54) is 25.0 Å². The van der Waals surface area contributed by atoms with Crippen molar-refractivity contribution in [2.24, 2.45) is 0 Å². The number of hydrogen-bond donors (Lipinski definition) is 3. The third kappa shape index (κ3) is 4.86. The van der Waals surface area contributed by atoms with E-state index in [2.05, 4.69) is 5.32 Å². The van der Waals surface area contributed by atoms with E-state index in [9.17, 15) is 0 Å². The van der Waals surface area contributed by atoms with E-state index < -0.39 is 6.10 Å². The van der Waals surface area contributed by atoms with Gasteiger partial charge in [0.05, 0.1) is 12.7 Å². The van der Waals surface area contributed by atoms with Gasteiger partial charge < -0.3 is 15.5 Å². The van der Waals surface area contributed by atoms with Gasteiger partial charge in [0.1, 0.15) is 0 Å². The Labute approximate surface area is 83.9 Å². The Morgan fingerprint density at radius 3 is 2.92 bits per heavy atom. The van der Waals surface area contributed by atoms with Crippen LogP contribution in [-0.4, -0.2) is 47.0 Å². The first-order chi connectivity index (χ1) is 6.33. The Kier molecular flexibility index (Phi) is 5.78. The molecule has 1 heterocycles. The summed E-state index contributed by atoms with van der Waals surface area (Å²) in [4.78, 5) is 0. The zero-order valence-corrected chi connectivity index (χ0v) is 8.72. The molecule has 1 aliphatic rings. The summed E-state index contributed by atoms with van der Waals surface area (Å²) in [6.45, 7) is 1.32. The SMILES string of the molecule is OC[C@@H](O)CNCC1CCCCS1. The first-order valence-corrected chi connectivity index (χ1v) is 5.99. The first-order valence-electron chi connectivity index (χ1n) is 4.94. The molecule has 4 heteroatoms. The largest absolute Gasteiger partial charge is 0.394 e. The molecule has 0 aromatic rings.